The van der Waals surface area contributed by atoms with Crippen LogP contribution in [0.2, 0.25) is 0 Å². The van der Waals surface area contributed by atoms with Crippen LogP contribution in [0.5, 0.6) is 0 Å². The van der Waals surface area contributed by atoms with E-state index in [1.807, 2.05) is 12.2 Å². The van der Waals surface area contributed by atoms with E-state index in [0.29, 0.717) is 6.42 Å². The highest BCUT2D eigenvalue weighted by Gasteiger charge is 2.26. The van der Waals surface area contributed by atoms with Gasteiger partial charge in [0.05, 0.1) is 0 Å². The van der Waals surface area contributed by atoms with Gasteiger partial charge in [0.15, 0.2) is 5.78 Å². The molecule has 2 nitrogen and oxygen atoms in total. The van der Waals surface area contributed by atoms with E-state index in [2.05, 4.69) is 0 Å². The maximum absolute atomic E-state index is 11.4. The van der Waals surface area contributed by atoms with Crippen molar-refractivity contribution in [3.8, 4) is 0 Å². The van der Waals surface area contributed by atoms with Gasteiger partial charge in [0.25, 0.3) is 0 Å². The summed E-state index contributed by atoms with van der Waals surface area (Å²) >= 11 is 0. The van der Waals surface area contributed by atoms with Crippen LogP contribution in [0.3, 0.4) is 0 Å². The molecule has 12 heavy (non-hydrogen) atoms. The van der Waals surface area contributed by atoms with Crippen molar-refractivity contribution in [3.05, 3.63) is 23.3 Å². The van der Waals surface area contributed by atoms with Crippen molar-refractivity contribution >= 4 is 5.78 Å². The summed E-state index contributed by atoms with van der Waals surface area (Å²) in [5.41, 5.74) is 2.02. The van der Waals surface area contributed by atoms with Crippen LogP contribution in [0.25, 0.3) is 0 Å². The Labute approximate surface area is 71.6 Å². The number of carbonyl (C=O) groups excluding carboxylic acids is 1. The number of aliphatic hydroxyl groups is 1. The minimum Gasteiger partial charge on any atom is -0.385 e. The summed E-state index contributed by atoms with van der Waals surface area (Å²) in [5.74, 6) is -0.0767. The Balaban J connectivity index is 2.35. The molecule has 2 heteroatoms. The fourth-order valence-electron chi connectivity index (χ4n) is 1.85. The van der Waals surface area contributed by atoms with Crippen LogP contribution in [0, 0.1) is 0 Å². The monoisotopic (exact) mass is 164 g/mol. The second kappa shape index (κ2) is 2.87. The molecule has 0 saturated heterocycles. The standard InChI is InChI=1S/C10H12O2/c11-9-6-5-7-3-1-2-4-8(7)10(9)12/h2,4,9,11H,1,3,5-6H2. The highest BCUT2D eigenvalue weighted by atomic mass is 16.3. The van der Waals surface area contributed by atoms with Crippen molar-refractivity contribution in [1.29, 1.82) is 0 Å². The SMILES string of the molecule is O=C1C2=C(CCC=C2)CCC1O. The summed E-state index contributed by atoms with van der Waals surface area (Å²) in [5, 5.41) is 9.30. The lowest BCUT2D eigenvalue weighted by Crippen LogP contribution is -2.27. The smallest absolute Gasteiger partial charge is 0.191 e. The van der Waals surface area contributed by atoms with Gasteiger partial charge >= 0.3 is 0 Å². The molecule has 0 aliphatic heterocycles. The van der Waals surface area contributed by atoms with Gasteiger partial charge in [-0.1, -0.05) is 17.7 Å². The third-order valence-corrected chi connectivity index (χ3v) is 2.57. The minimum atomic E-state index is -0.744. The lowest BCUT2D eigenvalue weighted by atomic mass is 9.84. The Kier molecular flexibility index (Phi) is 1.85. The highest BCUT2D eigenvalue weighted by molar-refractivity contribution is 6.02. The maximum atomic E-state index is 11.4. The largest absolute Gasteiger partial charge is 0.385 e. The molecule has 1 atom stereocenters. The number of rotatable bonds is 0. The predicted octanol–water partition coefficient (Wildman–Crippen LogP) is 1.36. The fourth-order valence-corrected chi connectivity index (χ4v) is 1.85. The zero-order chi connectivity index (χ0) is 8.55. The first-order valence-corrected chi connectivity index (χ1v) is 4.40. The van der Waals surface area contributed by atoms with Crippen molar-refractivity contribution in [2.75, 3.05) is 0 Å². The van der Waals surface area contributed by atoms with Gasteiger partial charge in [-0.25, -0.2) is 0 Å². The van der Waals surface area contributed by atoms with Crippen molar-refractivity contribution in [2.45, 2.75) is 31.8 Å². The van der Waals surface area contributed by atoms with E-state index in [0.717, 1.165) is 24.8 Å². The van der Waals surface area contributed by atoms with Gasteiger partial charge in [0.2, 0.25) is 0 Å². The van der Waals surface area contributed by atoms with Crippen LogP contribution in [0.4, 0.5) is 0 Å². The summed E-state index contributed by atoms with van der Waals surface area (Å²) in [6.45, 7) is 0. The molecule has 0 radical (unpaired) electrons. The molecule has 0 heterocycles. The molecule has 0 amide bonds. The van der Waals surface area contributed by atoms with Gasteiger partial charge in [-0.15, -0.1) is 0 Å². The molecule has 0 aromatic heterocycles. The average Bonchev–Trinajstić information content (AvgIpc) is 2.12. The maximum Gasteiger partial charge on any atom is 0.191 e. The van der Waals surface area contributed by atoms with Crippen molar-refractivity contribution in [3.63, 3.8) is 0 Å². The van der Waals surface area contributed by atoms with Gasteiger partial charge in [0.1, 0.15) is 6.10 Å². The number of hydrogen-bond acceptors (Lipinski definition) is 2. The molecule has 0 aromatic rings. The third-order valence-electron chi connectivity index (χ3n) is 2.57. The molecule has 1 unspecified atom stereocenters. The second-order valence-electron chi connectivity index (χ2n) is 3.38. The molecule has 0 spiro atoms. The first kappa shape index (κ1) is 7.74. The number of hydrogen-bond donors (Lipinski definition) is 1. The quantitative estimate of drug-likeness (QED) is 0.587. The van der Waals surface area contributed by atoms with E-state index in [1.54, 1.807) is 0 Å². The van der Waals surface area contributed by atoms with Gasteiger partial charge in [-0.3, -0.25) is 4.79 Å². The molecule has 2 aliphatic carbocycles. The van der Waals surface area contributed by atoms with Gasteiger partial charge in [-0.05, 0) is 25.7 Å². The summed E-state index contributed by atoms with van der Waals surface area (Å²) in [4.78, 5) is 11.4. The van der Waals surface area contributed by atoms with E-state index in [1.165, 1.54) is 5.57 Å². The minimum absolute atomic E-state index is 0.0767. The zero-order valence-corrected chi connectivity index (χ0v) is 6.92. The van der Waals surface area contributed by atoms with Crippen LogP contribution in [0.15, 0.2) is 23.3 Å². The molecule has 0 aromatic carbocycles. The number of ketones is 1. The van der Waals surface area contributed by atoms with Crippen LogP contribution in [-0.2, 0) is 4.79 Å². The fraction of sp³-hybridized carbons (Fsp3) is 0.500. The molecule has 64 valence electrons. The first-order chi connectivity index (χ1) is 5.79. The highest BCUT2D eigenvalue weighted by Crippen LogP contribution is 2.29. The van der Waals surface area contributed by atoms with Crippen LogP contribution in [0.1, 0.15) is 25.7 Å². The molecule has 2 rings (SSSR count). The van der Waals surface area contributed by atoms with Crippen LogP contribution in [-0.4, -0.2) is 17.0 Å². The Morgan fingerprint density at radius 3 is 3.08 bits per heavy atom. The van der Waals surface area contributed by atoms with E-state index in [4.69, 9.17) is 0 Å². The predicted molar refractivity (Wildman–Crippen MR) is 45.6 cm³/mol. The number of allylic oxidation sites excluding steroid dienone is 3. The Bertz CT molecular complexity index is 274. The summed E-state index contributed by atoms with van der Waals surface area (Å²) in [7, 11) is 0. The molecular weight excluding hydrogens is 152 g/mol. The topological polar surface area (TPSA) is 37.3 Å². The summed E-state index contributed by atoms with van der Waals surface area (Å²) < 4.78 is 0. The van der Waals surface area contributed by atoms with Gasteiger partial charge in [0, 0.05) is 5.57 Å². The summed E-state index contributed by atoms with van der Waals surface area (Å²) in [6, 6.07) is 0. The molecule has 0 fully saturated rings. The number of Topliss-reactive ketones (excluding diaryl/α,β-unsaturated/α-hetero) is 1. The molecule has 2 aliphatic rings. The number of carbonyl (C=O) groups is 1. The van der Waals surface area contributed by atoms with Gasteiger partial charge < -0.3 is 5.11 Å². The van der Waals surface area contributed by atoms with E-state index in [9.17, 15) is 9.90 Å². The Morgan fingerprint density at radius 2 is 2.25 bits per heavy atom. The van der Waals surface area contributed by atoms with Crippen molar-refractivity contribution in [1.82, 2.24) is 0 Å². The van der Waals surface area contributed by atoms with Gasteiger partial charge in [-0.2, -0.15) is 0 Å². The normalized spacial score (nSPS) is 29.1. The lowest BCUT2D eigenvalue weighted by Gasteiger charge is -2.23. The van der Waals surface area contributed by atoms with Crippen molar-refractivity contribution in [2.24, 2.45) is 0 Å². The van der Waals surface area contributed by atoms with Crippen LogP contribution >= 0.6 is 0 Å². The molecule has 0 bridgehead atoms. The lowest BCUT2D eigenvalue weighted by molar-refractivity contribution is -0.123. The van der Waals surface area contributed by atoms with E-state index >= 15 is 0 Å². The first-order valence-electron chi connectivity index (χ1n) is 4.40. The van der Waals surface area contributed by atoms with E-state index in [-0.39, 0.29) is 5.78 Å². The average molecular weight is 164 g/mol. The van der Waals surface area contributed by atoms with E-state index < -0.39 is 6.10 Å². The second-order valence-corrected chi connectivity index (χ2v) is 3.38. The Hall–Kier alpha value is -0.890. The molecule has 0 saturated carbocycles. The molecular formula is C10H12O2. The third kappa shape index (κ3) is 1.12. The van der Waals surface area contributed by atoms with Crippen molar-refractivity contribution < 1.29 is 9.90 Å². The zero-order valence-electron chi connectivity index (χ0n) is 6.92. The summed E-state index contributed by atoms with van der Waals surface area (Å²) in [6.07, 6.45) is 6.69. The number of aliphatic hydroxyl groups excluding tert-OH is 1. The molecule has 1 N–H and O–H groups in total. The Morgan fingerprint density at radius 1 is 1.42 bits per heavy atom. The van der Waals surface area contributed by atoms with Crippen LogP contribution < -0.4 is 0 Å².